The van der Waals surface area contributed by atoms with Crippen molar-refractivity contribution >= 4 is 11.9 Å². The molecule has 0 amide bonds. The van der Waals surface area contributed by atoms with Gasteiger partial charge in [-0.15, -0.1) is 0 Å². The number of carboxylic acids is 2. The smallest absolute Gasteiger partial charge is 0.304 e. The predicted molar refractivity (Wildman–Crippen MR) is 70.8 cm³/mol. The Morgan fingerprint density at radius 3 is 2.16 bits per heavy atom. The van der Waals surface area contributed by atoms with Crippen molar-refractivity contribution in [3.63, 3.8) is 0 Å². The van der Waals surface area contributed by atoms with E-state index in [0.717, 1.165) is 5.56 Å². The van der Waals surface area contributed by atoms with Gasteiger partial charge in [-0.3, -0.25) is 14.5 Å². The summed E-state index contributed by atoms with van der Waals surface area (Å²) in [4.78, 5) is 23.1. The third-order valence-corrected chi connectivity index (χ3v) is 2.76. The van der Waals surface area contributed by atoms with Gasteiger partial charge in [0, 0.05) is 19.5 Å². The van der Waals surface area contributed by atoms with Crippen molar-refractivity contribution in [1.82, 2.24) is 4.90 Å². The Labute approximate surface area is 112 Å². The molecule has 0 fully saturated rings. The molecule has 0 saturated heterocycles. The van der Waals surface area contributed by atoms with Crippen molar-refractivity contribution in [3.8, 4) is 0 Å². The van der Waals surface area contributed by atoms with E-state index in [1.165, 1.54) is 0 Å². The number of carbonyl (C=O) groups is 2. The molecule has 0 saturated carbocycles. The molecular formula is C14H19NO4. The van der Waals surface area contributed by atoms with Crippen LogP contribution in [0.1, 0.15) is 24.8 Å². The zero-order valence-electron chi connectivity index (χ0n) is 10.8. The van der Waals surface area contributed by atoms with Crippen LogP contribution in [0.25, 0.3) is 0 Å². The van der Waals surface area contributed by atoms with Crippen molar-refractivity contribution in [2.45, 2.75) is 25.8 Å². The maximum atomic E-state index is 10.6. The number of hydrogen-bond donors (Lipinski definition) is 2. The van der Waals surface area contributed by atoms with Gasteiger partial charge in [-0.1, -0.05) is 30.3 Å². The van der Waals surface area contributed by atoms with Crippen molar-refractivity contribution in [1.29, 1.82) is 0 Å². The van der Waals surface area contributed by atoms with E-state index in [2.05, 4.69) is 0 Å². The van der Waals surface area contributed by atoms with Gasteiger partial charge in [-0.25, -0.2) is 0 Å². The molecular weight excluding hydrogens is 246 g/mol. The van der Waals surface area contributed by atoms with E-state index >= 15 is 0 Å². The highest BCUT2D eigenvalue weighted by Gasteiger charge is 2.09. The largest absolute Gasteiger partial charge is 0.481 e. The Kier molecular flexibility index (Phi) is 6.60. The highest BCUT2D eigenvalue weighted by Crippen LogP contribution is 2.06. The van der Waals surface area contributed by atoms with Crippen LogP contribution in [0.5, 0.6) is 0 Å². The molecule has 0 atom stereocenters. The van der Waals surface area contributed by atoms with Crippen LogP contribution in [-0.2, 0) is 16.1 Å². The monoisotopic (exact) mass is 265 g/mol. The van der Waals surface area contributed by atoms with Gasteiger partial charge in [-0.2, -0.15) is 0 Å². The molecule has 0 spiro atoms. The van der Waals surface area contributed by atoms with Crippen LogP contribution in [0.3, 0.4) is 0 Å². The van der Waals surface area contributed by atoms with E-state index in [1.54, 1.807) is 0 Å². The van der Waals surface area contributed by atoms with Crippen LogP contribution in [0.4, 0.5) is 0 Å². The maximum Gasteiger partial charge on any atom is 0.304 e. The first-order valence-corrected chi connectivity index (χ1v) is 6.28. The lowest BCUT2D eigenvalue weighted by Crippen LogP contribution is -2.27. The van der Waals surface area contributed by atoms with Gasteiger partial charge >= 0.3 is 11.9 Å². The molecule has 1 aromatic rings. The Bertz CT molecular complexity index is 405. The van der Waals surface area contributed by atoms with Crippen LogP contribution in [-0.4, -0.2) is 40.1 Å². The van der Waals surface area contributed by atoms with Gasteiger partial charge in [0.15, 0.2) is 0 Å². The average Bonchev–Trinajstić information content (AvgIpc) is 2.36. The minimum absolute atomic E-state index is 0.0694. The van der Waals surface area contributed by atoms with Gasteiger partial charge < -0.3 is 10.2 Å². The highest BCUT2D eigenvalue weighted by molar-refractivity contribution is 5.67. The SMILES string of the molecule is O=C(O)CCCN(CCC(=O)O)Cc1ccccc1. The number of nitrogens with zero attached hydrogens (tertiary/aromatic N) is 1. The summed E-state index contributed by atoms with van der Waals surface area (Å²) in [5.74, 6) is -1.66. The lowest BCUT2D eigenvalue weighted by Gasteiger charge is -2.21. The minimum Gasteiger partial charge on any atom is -0.481 e. The van der Waals surface area contributed by atoms with Crippen LogP contribution >= 0.6 is 0 Å². The van der Waals surface area contributed by atoms with Crippen molar-refractivity contribution in [2.24, 2.45) is 0 Å². The van der Waals surface area contributed by atoms with Crippen molar-refractivity contribution in [2.75, 3.05) is 13.1 Å². The second-order valence-electron chi connectivity index (χ2n) is 4.40. The summed E-state index contributed by atoms with van der Waals surface area (Å²) in [6.07, 6.45) is 0.708. The Morgan fingerprint density at radius 1 is 0.947 bits per heavy atom. The minimum atomic E-state index is -0.837. The summed E-state index contributed by atoms with van der Waals surface area (Å²) >= 11 is 0. The van der Waals surface area contributed by atoms with E-state index in [4.69, 9.17) is 10.2 Å². The van der Waals surface area contributed by atoms with Gasteiger partial charge in [0.1, 0.15) is 0 Å². The summed E-state index contributed by atoms with van der Waals surface area (Å²) in [5.41, 5.74) is 1.10. The van der Waals surface area contributed by atoms with Crippen molar-refractivity contribution in [3.05, 3.63) is 35.9 Å². The van der Waals surface area contributed by atoms with Gasteiger partial charge in [0.25, 0.3) is 0 Å². The molecule has 0 radical (unpaired) electrons. The maximum absolute atomic E-state index is 10.6. The van der Waals surface area contributed by atoms with Crippen LogP contribution in [0, 0.1) is 0 Å². The van der Waals surface area contributed by atoms with Gasteiger partial charge in [0.05, 0.1) is 6.42 Å². The fraction of sp³-hybridized carbons (Fsp3) is 0.429. The molecule has 0 aliphatic heterocycles. The first-order chi connectivity index (χ1) is 9.08. The third-order valence-electron chi connectivity index (χ3n) is 2.76. The number of carboxylic acid groups (broad SMARTS) is 2. The quantitative estimate of drug-likeness (QED) is 0.712. The molecule has 2 N–H and O–H groups in total. The zero-order valence-corrected chi connectivity index (χ0v) is 10.8. The third kappa shape index (κ3) is 7.21. The summed E-state index contributed by atoms with van der Waals surface area (Å²) in [6.45, 7) is 1.67. The molecule has 0 heterocycles. The predicted octanol–water partition coefficient (Wildman–Crippen LogP) is 1.83. The van der Waals surface area contributed by atoms with Crippen LogP contribution in [0.15, 0.2) is 30.3 Å². The number of aliphatic carboxylic acids is 2. The molecule has 0 unspecified atom stereocenters. The number of hydrogen-bond acceptors (Lipinski definition) is 3. The Balaban J connectivity index is 2.48. The first kappa shape index (κ1) is 15.2. The molecule has 1 aromatic carbocycles. The first-order valence-electron chi connectivity index (χ1n) is 6.28. The van der Waals surface area contributed by atoms with Gasteiger partial charge in [0.2, 0.25) is 0 Å². The molecule has 0 bridgehead atoms. The molecule has 0 aliphatic rings. The molecule has 5 nitrogen and oxygen atoms in total. The lowest BCUT2D eigenvalue weighted by atomic mass is 10.2. The second kappa shape index (κ2) is 8.26. The standard InChI is InChI=1S/C14H19NO4/c16-13(17)7-4-9-15(10-8-14(18)19)11-12-5-2-1-3-6-12/h1-3,5-6H,4,7-11H2,(H,16,17)(H,18,19). The zero-order chi connectivity index (χ0) is 14.1. The Morgan fingerprint density at radius 2 is 1.58 bits per heavy atom. The highest BCUT2D eigenvalue weighted by atomic mass is 16.4. The lowest BCUT2D eigenvalue weighted by molar-refractivity contribution is -0.138. The van der Waals surface area contributed by atoms with E-state index in [9.17, 15) is 9.59 Å². The average molecular weight is 265 g/mol. The van der Waals surface area contributed by atoms with E-state index in [0.29, 0.717) is 26.1 Å². The fourth-order valence-corrected chi connectivity index (χ4v) is 1.82. The fourth-order valence-electron chi connectivity index (χ4n) is 1.82. The number of rotatable bonds is 9. The molecule has 104 valence electrons. The van der Waals surface area contributed by atoms with Gasteiger partial charge in [-0.05, 0) is 18.5 Å². The summed E-state index contributed by atoms with van der Waals surface area (Å²) < 4.78 is 0. The van der Waals surface area contributed by atoms with E-state index < -0.39 is 11.9 Å². The van der Waals surface area contributed by atoms with E-state index in [1.807, 2.05) is 35.2 Å². The molecule has 5 heteroatoms. The van der Waals surface area contributed by atoms with E-state index in [-0.39, 0.29) is 12.8 Å². The molecule has 1 rings (SSSR count). The molecule has 0 aromatic heterocycles. The normalized spacial score (nSPS) is 10.6. The number of benzene rings is 1. The molecule has 0 aliphatic carbocycles. The van der Waals surface area contributed by atoms with Crippen molar-refractivity contribution < 1.29 is 19.8 Å². The second-order valence-corrected chi connectivity index (χ2v) is 4.40. The summed E-state index contributed by atoms with van der Waals surface area (Å²) in [5, 5.41) is 17.3. The topological polar surface area (TPSA) is 77.8 Å². The summed E-state index contributed by atoms with van der Waals surface area (Å²) in [6, 6.07) is 9.75. The summed E-state index contributed by atoms with van der Waals surface area (Å²) in [7, 11) is 0. The van der Waals surface area contributed by atoms with Crippen LogP contribution < -0.4 is 0 Å². The molecule has 19 heavy (non-hydrogen) atoms. The Hall–Kier alpha value is -1.88. The van der Waals surface area contributed by atoms with Crippen LogP contribution in [0.2, 0.25) is 0 Å².